The van der Waals surface area contributed by atoms with Gasteiger partial charge in [-0.25, -0.2) is 13.1 Å². The van der Waals surface area contributed by atoms with Gasteiger partial charge in [0.25, 0.3) is 0 Å². The molecule has 1 unspecified atom stereocenters. The highest BCUT2D eigenvalue weighted by atomic mass is 79.9. The Kier molecular flexibility index (Phi) is 4.90. The summed E-state index contributed by atoms with van der Waals surface area (Å²) in [5.41, 5.74) is 0.216. The van der Waals surface area contributed by atoms with Crippen molar-refractivity contribution in [3.63, 3.8) is 0 Å². The van der Waals surface area contributed by atoms with E-state index in [-0.39, 0.29) is 10.2 Å². The lowest BCUT2D eigenvalue weighted by Crippen LogP contribution is -2.30. The molecule has 0 bridgehead atoms. The molecule has 5 heteroatoms. The van der Waals surface area contributed by atoms with E-state index in [1.807, 2.05) is 0 Å². The van der Waals surface area contributed by atoms with Gasteiger partial charge in [-0.2, -0.15) is 0 Å². The van der Waals surface area contributed by atoms with Gasteiger partial charge in [-0.3, -0.25) is 0 Å². The zero-order chi connectivity index (χ0) is 10.7. The smallest absolute Gasteiger partial charge is 0.208 e. The van der Waals surface area contributed by atoms with Crippen molar-refractivity contribution in [3.8, 4) is 0 Å². The predicted octanol–water partition coefficient (Wildman–Crippen LogP) is 1.74. The summed E-state index contributed by atoms with van der Waals surface area (Å²) in [4.78, 5) is 0.197. The Labute approximate surface area is 89.5 Å². The monoisotopic (exact) mass is 271 g/mol. The first-order valence-electron chi connectivity index (χ1n) is 4.19. The maximum Gasteiger partial charge on any atom is 0.208 e. The first-order valence-corrected chi connectivity index (χ1v) is 6.99. The van der Waals surface area contributed by atoms with Crippen LogP contribution in [0.5, 0.6) is 0 Å². The van der Waals surface area contributed by atoms with E-state index in [0.717, 1.165) is 6.42 Å². The highest BCUT2D eigenvalue weighted by Crippen LogP contribution is 2.24. The third-order valence-corrected chi connectivity index (χ3v) is 2.74. The van der Waals surface area contributed by atoms with Gasteiger partial charge in [0.1, 0.15) is 0 Å². The molecule has 0 aromatic carbocycles. The minimum atomic E-state index is -3.05. The lowest BCUT2D eigenvalue weighted by atomic mass is 9.91. The molecule has 0 aromatic rings. The van der Waals surface area contributed by atoms with Crippen LogP contribution < -0.4 is 4.72 Å². The number of sulfonamides is 1. The minimum absolute atomic E-state index is 0.197. The zero-order valence-corrected chi connectivity index (χ0v) is 11.0. The topological polar surface area (TPSA) is 46.2 Å². The van der Waals surface area contributed by atoms with Gasteiger partial charge < -0.3 is 0 Å². The molecule has 3 nitrogen and oxygen atoms in total. The fourth-order valence-corrected chi connectivity index (χ4v) is 2.83. The van der Waals surface area contributed by atoms with Gasteiger partial charge >= 0.3 is 0 Å². The molecular weight excluding hydrogens is 254 g/mol. The fraction of sp³-hybridized carbons (Fsp3) is 1.00. The van der Waals surface area contributed by atoms with Crippen molar-refractivity contribution in [1.82, 2.24) is 4.72 Å². The van der Waals surface area contributed by atoms with Gasteiger partial charge in [0.2, 0.25) is 10.0 Å². The van der Waals surface area contributed by atoms with Crippen LogP contribution >= 0.6 is 15.9 Å². The third-order valence-electron chi connectivity index (χ3n) is 1.40. The van der Waals surface area contributed by atoms with Gasteiger partial charge in [-0.15, -0.1) is 0 Å². The summed E-state index contributed by atoms with van der Waals surface area (Å²) in [6.07, 6.45) is 2.11. The van der Waals surface area contributed by atoms with Crippen molar-refractivity contribution in [2.45, 2.75) is 32.0 Å². The van der Waals surface area contributed by atoms with E-state index in [1.54, 1.807) is 0 Å². The Morgan fingerprint density at radius 1 is 1.38 bits per heavy atom. The summed E-state index contributed by atoms with van der Waals surface area (Å²) in [6.45, 7) is 6.83. The quantitative estimate of drug-likeness (QED) is 0.792. The van der Waals surface area contributed by atoms with Crippen LogP contribution in [0.1, 0.15) is 27.2 Å². The summed E-state index contributed by atoms with van der Waals surface area (Å²) in [5, 5.41) is 0. The van der Waals surface area contributed by atoms with E-state index in [4.69, 9.17) is 0 Å². The van der Waals surface area contributed by atoms with Crippen LogP contribution in [0.2, 0.25) is 0 Å². The molecular formula is C8H18BrNO2S. The Morgan fingerprint density at radius 2 is 1.85 bits per heavy atom. The van der Waals surface area contributed by atoms with Crippen LogP contribution in [0.15, 0.2) is 0 Å². The molecule has 80 valence electrons. The first kappa shape index (κ1) is 13.4. The molecule has 0 spiro atoms. The highest BCUT2D eigenvalue weighted by Gasteiger charge is 2.17. The summed E-state index contributed by atoms with van der Waals surface area (Å²) in [6, 6.07) is 0. The number of halogens is 1. The lowest BCUT2D eigenvalue weighted by Gasteiger charge is -2.21. The van der Waals surface area contributed by atoms with Crippen molar-refractivity contribution in [3.05, 3.63) is 0 Å². The normalized spacial score (nSPS) is 15.8. The molecule has 0 aromatic heterocycles. The van der Waals surface area contributed by atoms with E-state index in [0.29, 0.717) is 6.54 Å². The van der Waals surface area contributed by atoms with Gasteiger partial charge in [0, 0.05) is 11.4 Å². The minimum Gasteiger partial charge on any atom is -0.214 e. The Hall–Kier alpha value is 0.390. The molecule has 0 fully saturated rings. The van der Waals surface area contributed by atoms with Crippen LogP contribution in [0.4, 0.5) is 0 Å². The second-order valence-electron chi connectivity index (χ2n) is 4.48. The molecule has 0 heterocycles. The second kappa shape index (κ2) is 4.75. The fourth-order valence-electron chi connectivity index (χ4n) is 0.978. The van der Waals surface area contributed by atoms with E-state index in [2.05, 4.69) is 41.4 Å². The summed E-state index contributed by atoms with van der Waals surface area (Å²) in [5.74, 6) is 0. The predicted molar refractivity (Wildman–Crippen MR) is 59.6 cm³/mol. The Balaban J connectivity index is 3.84. The average Bonchev–Trinajstić information content (AvgIpc) is 1.78. The van der Waals surface area contributed by atoms with Crippen LogP contribution in [0, 0.1) is 5.41 Å². The van der Waals surface area contributed by atoms with Gasteiger partial charge in [0.05, 0.1) is 6.26 Å². The van der Waals surface area contributed by atoms with Gasteiger partial charge in [0.15, 0.2) is 0 Å². The van der Waals surface area contributed by atoms with Gasteiger partial charge in [-0.05, 0) is 11.8 Å². The number of hydrogen-bond donors (Lipinski definition) is 1. The lowest BCUT2D eigenvalue weighted by molar-refractivity contribution is 0.373. The molecule has 0 amide bonds. The number of nitrogens with one attached hydrogen (secondary N) is 1. The molecule has 0 aliphatic rings. The van der Waals surface area contributed by atoms with Crippen LogP contribution in [0.25, 0.3) is 0 Å². The standard InChI is InChI=1S/C8H18BrNO2S/c1-8(2,3)5-7(9)6-10-13(4,11)12/h7,10H,5-6H2,1-4H3. The second-order valence-corrected chi connectivity index (χ2v) is 7.61. The van der Waals surface area contributed by atoms with Crippen LogP contribution in [-0.4, -0.2) is 26.0 Å². The summed E-state index contributed by atoms with van der Waals surface area (Å²) >= 11 is 3.44. The first-order chi connectivity index (χ1) is 5.60. The molecule has 0 aliphatic carbocycles. The van der Waals surface area contributed by atoms with Crippen molar-refractivity contribution in [2.75, 3.05) is 12.8 Å². The number of rotatable bonds is 4. The molecule has 1 N–H and O–H groups in total. The van der Waals surface area contributed by atoms with Gasteiger partial charge in [-0.1, -0.05) is 36.7 Å². The summed E-state index contributed by atoms with van der Waals surface area (Å²) in [7, 11) is -3.05. The molecule has 0 aliphatic heterocycles. The average molecular weight is 272 g/mol. The van der Waals surface area contributed by atoms with E-state index in [1.165, 1.54) is 6.26 Å². The molecule has 1 atom stereocenters. The van der Waals surface area contributed by atoms with Crippen molar-refractivity contribution < 1.29 is 8.42 Å². The highest BCUT2D eigenvalue weighted by molar-refractivity contribution is 9.09. The maximum atomic E-state index is 10.8. The van der Waals surface area contributed by atoms with Crippen LogP contribution in [-0.2, 0) is 10.0 Å². The van der Waals surface area contributed by atoms with Crippen molar-refractivity contribution in [2.24, 2.45) is 5.41 Å². The third kappa shape index (κ3) is 10.3. The van der Waals surface area contributed by atoms with E-state index < -0.39 is 10.0 Å². The van der Waals surface area contributed by atoms with Crippen LogP contribution in [0.3, 0.4) is 0 Å². The number of alkyl halides is 1. The maximum absolute atomic E-state index is 10.8. The molecule has 0 rings (SSSR count). The van der Waals surface area contributed by atoms with E-state index in [9.17, 15) is 8.42 Å². The Bertz CT molecular complexity index is 243. The molecule has 0 saturated carbocycles. The number of hydrogen-bond acceptors (Lipinski definition) is 2. The largest absolute Gasteiger partial charge is 0.214 e. The van der Waals surface area contributed by atoms with Crippen molar-refractivity contribution in [1.29, 1.82) is 0 Å². The molecule has 0 radical (unpaired) electrons. The van der Waals surface area contributed by atoms with Crippen molar-refractivity contribution >= 4 is 26.0 Å². The zero-order valence-electron chi connectivity index (χ0n) is 8.59. The Morgan fingerprint density at radius 3 is 2.15 bits per heavy atom. The van der Waals surface area contributed by atoms with E-state index >= 15 is 0 Å². The SMILES string of the molecule is CC(C)(C)CC(Br)CNS(C)(=O)=O. The molecule has 0 saturated heterocycles. The summed E-state index contributed by atoms with van der Waals surface area (Å²) < 4.78 is 24.0. The molecule has 13 heavy (non-hydrogen) atoms.